The summed E-state index contributed by atoms with van der Waals surface area (Å²) in [6.45, 7) is 11.2. The molecule has 0 spiro atoms. The average Bonchev–Trinajstić information content (AvgIpc) is 2.43. The van der Waals surface area contributed by atoms with E-state index in [4.69, 9.17) is 9.47 Å². The van der Waals surface area contributed by atoms with Crippen LogP contribution in [-0.2, 0) is 19.1 Å². The lowest BCUT2D eigenvalue weighted by molar-refractivity contribution is -0.123. The molecule has 0 heterocycles. The Morgan fingerprint density at radius 3 is 2.18 bits per heavy atom. The monoisotopic (exact) mass is 306 g/mol. The van der Waals surface area contributed by atoms with E-state index in [0.717, 1.165) is 6.42 Å². The molecular weight excluding hydrogens is 280 g/mol. The Morgan fingerprint density at radius 2 is 1.73 bits per heavy atom. The number of ether oxygens (including phenoxy) is 2. The summed E-state index contributed by atoms with van der Waals surface area (Å²) in [5.74, 6) is -0.525. The van der Waals surface area contributed by atoms with E-state index in [1.54, 1.807) is 6.92 Å². The number of ketones is 2. The Balaban J connectivity index is 3.25. The quantitative estimate of drug-likeness (QED) is 0.571. The predicted octanol–water partition coefficient (Wildman–Crippen LogP) is 3.87. The van der Waals surface area contributed by atoms with Gasteiger partial charge in [0.25, 0.3) is 0 Å². The van der Waals surface area contributed by atoms with Crippen LogP contribution in [0.4, 0.5) is 0 Å². The van der Waals surface area contributed by atoms with Gasteiger partial charge < -0.3 is 9.47 Å². The minimum atomic E-state index is -0.583. The van der Waals surface area contributed by atoms with Crippen LogP contribution in [0.25, 0.3) is 0 Å². The third-order valence-corrected chi connectivity index (χ3v) is 3.51. The first-order chi connectivity index (χ1) is 10.1. The molecule has 22 heavy (non-hydrogen) atoms. The highest BCUT2D eigenvalue weighted by molar-refractivity contribution is 6.23. The first kappa shape index (κ1) is 18.2. The minimum absolute atomic E-state index is 0.00244. The van der Waals surface area contributed by atoms with Crippen molar-refractivity contribution in [3.8, 4) is 0 Å². The van der Waals surface area contributed by atoms with Gasteiger partial charge in [-0.3, -0.25) is 9.59 Å². The van der Waals surface area contributed by atoms with E-state index in [0.29, 0.717) is 17.6 Å². The van der Waals surface area contributed by atoms with Crippen molar-refractivity contribution in [2.45, 2.75) is 60.0 Å². The molecule has 0 fully saturated rings. The number of rotatable bonds is 5. The van der Waals surface area contributed by atoms with Gasteiger partial charge in [-0.25, -0.2) is 0 Å². The van der Waals surface area contributed by atoms with Crippen molar-refractivity contribution in [2.24, 2.45) is 0 Å². The summed E-state index contributed by atoms with van der Waals surface area (Å²) in [6, 6.07) is 0. The average molecular weight is 306 g/mol. The van der Waals surface area contributed by atoms with Crippen LogP contribution in [0.5, 0.6) is 0 Å². The Labute approximate surface area is 132 Å². The van der Waals surface area contributed by atoms with Gasteiger partial charge in [-0.2, -0.15) is 0 Å². The van der Waals surface area contributed by atoms with E-state index in [1.165, 1.54) is 12.7 Å². The highest BCUT2D eigenvalue weighted by Crippen LogP contribution is 2.30. The molecule has 0 unspecified atom stereocenters. The first-order valence-corrected chi connectivity index (χ1v) is 7.54. The molecule has 0 radical (unpaired) electrons. The molecule has 0 amide bonds. The van der Waals surface area contributed by atoms with Crippen LogP contribution in [0, 0.1) is 0 Å². The van der Waals surface area contributed by atoms with Crippen molar-refractivity contribution in [3.63, 3.8) is 0 Å². The fourth-order valence-electron chi connectivity index (χ4n) is 2.07. The van der Waals surface area contributed by atoms with Crippen LogP contribution in [0.15, 0.2) is 34.3 Å². The summed E-state index contributed by atoms with van der Waals surface area (Å²) >= 11 is 0. The van der Waals surface area contributed by atoms with Gasteiger partial charge in [0, 0.05) is 11.1 Å². The van der Waals surface area contributed by atoms with E-state index in [1.807, 2.05) is 33.8 Å². The maximum absolute atomic E-state index is 12.7. The number of allylic oxidation sites excluding steroid dienone is 4. The maximum Gasteiger partial charge on any atom is 0.228 e. The van der Waals surface area contributed by atoms with E-state index in [9.17, 15) is 9.59 Å². The molecule has 0 bridgehead atoms. The molecule has 1 rings (SSSR count). The van der Waals surface area contributed by atoms with Crippen LogP contribution in [-0.4, -0.2) is 24.3 Å². The Kier molecular flexibility index (Phi) is 5.75. The number of carbonyl (C=O) groups is 2. The molecule has 0 aromatic rings. The van der Waals surface area contributed by atoms with Gasteiger partial charge in [-0.15, -0.1) is 0 Å². The molecular formula is C18H26O4. The zero-order valence-electron chi connectivity index (χ0n) is 14.6. The van der Waals surface area contributed by atoms with Crippen molar-refractivity contribution in [1.29, 1.82) is 0 Å². The number of hydrogen-bond acceptors (Lipinski definition) is 4. The number of methoxy groups -OCH3 is 1. The summed E-state index contributed by atoms with van der Waals surface area (Å²) in [4.78, 5) is 25.2. The van der Waals surface area contributed by atoms with Gasteiger partial charge in [0.1, 0.15) is 5.60 Å². The smallest absolute Gasteiger partial charge is 0.228 e. The molecule has 0 saturated carbocycles. The highest BCUT2D eigenvalue weighted by Gasteiger charge is 2.36. The zero-order valence-corrected chi connectivity index (χ0v) is 14.6. The molecule has 4 heteroatoms. The SMILES string of the molecule is CC/C(C)=C/CC1=C(C)C(=O)C(OC)=C(OC(C)(C)C)C1=O. The number of hydrogen-bond donors (Lipinski definition) is 0. The topological polar surface area (TPSA) is 52.6 Å². The summed E-state index contributed by atoms with van der Waals surface area (Å²) < 4.78 is 10.8. The zero-order chi connectivity index (χ0) is 17.1. The fraction of sp³-hybridized carbons (Fsp3) is 0.556. The van der Waals surface area contributed by atoms with E-state index < -0.39 is 5.60 Å². The van der Waals surface area contributed by atoms with Crippen LogP contribution in [0.3, 0.4) is 0 Å². The first-order valence-electron chi connectivity index (χ1n) is 7.54. The van der Waals surface area contributed by atoms with Gasteiger partial charge in [0.2, 0.25) is 23.1 Å². The summed E-state index contributed by atoms with van der Waals surface area (Å²) in [6.07, 6.45) is 3.33. The second kappa shape index (κ2) is 6.95. The maximum atomic E-state index is 12.7. The Bertz CT molecular complexity index is 568. The van der Waals surface area contributed by atoms with Crippen molar-refractivity contribution in [3.05, 3.63) is 34.3 Å². The van der Waals surface area contributed by atoms with Gasteiger partial charge in [-0.1, -0.05) is 18.6 Å². The molecule has 4 nitrogen and oxygen atoms in total. The van der Waals surface area contributed by atoms with Crippen molar-refractivity contribution >= 4 is 11.6 Å². The second-order valence-corrected chi connectivity index (χ2v) is 6.45. The molecule has 0 saturated heterocycles. The van der Waals surface area contributed by atoms with Crippen LogP contribution in [0.2, 0.25) is 0 Å². The third kappa shape index (κ3) is 4.09. The second-order valence-electron chi connectivity index (χ2n) is 6.45. The Morgan fingerprint density at radius 1 is 1.14 bits per heavy atom. The molecule has 0 aromatic carbocycles. The number of carbonyl (C=O) groups excluding carboxylic acids is 2. The van der Waals surface area contributed by atoms with Gasteiger partial charge in [-0.05, 0) is 47.5 Å². The molecule has 1 aliphatic rings. The van der Waals surface area contributed by atoms with Crippen molar-refractivity contribution < 1.29 is 19.1 Å². The molecule has 0 aliphatic heterocycles. The van der Waals surface area contributed by atoms with Crippen molar-refractivity contribution in [2.75, 3.05) is 7.11 Å². The highest BCUT2D eigenvalue weighted by atomic mass is 16.5. The van der Waals surface area contributed by atoms with Crippen LogP contribution < -0.4 is 0 Å². The number of Topliss-reactive ketones (excluding diaryl/α,β-unsaturated/α-hetero) is 2. The molecule has 0 atom stereocenters. The minimum Gasteiger partial charge on any atom is -0.489 e. The molecule has 0 aromatic heterocycles. The lowest BCUT2D eigenvalue weighted by atomic mass is 9.90. The van der Waals surface area contributed by atoms with Crippen molar-refractivity contribution in [1.82, 2.24) is 0 Å². The van der Waals surface area contributed by atoms with Crippen LogP contribution >= 0.6 is 0 Å². The van der Waals surface area contributed by atoms with Gasteiger partial charge >= 0.3 is 0 Å². The largest absolute Gasteiger partial charge is 0.489 e. The van der Waals surface area contributed by atoms with Gasteiger partial charge in [0.15, 0.2) is 0 Å². The molecule has 1 aliphatic carbocycles. The molecule has 0 N–H and O–H groups in total. The molecule has 122 valence electrons. The van der Waals surface area contributed by atoms with Crippen LogP contribution in [0.1, 0.15) is 54.4 Å². The fourth-order valence-corrected chi connectivity index (χ4v) is 2.07. The third-order valence-electron chi connectivity index (χ3n) is 3.51. The van der Waals surface area contributed by atoms with E-state index in [2.05, 4.69) is 6.92 Å². The summed E-state index contributed by atoms with van der Waals surface area (Å²) in [5.41, 5.74) is 1.52. The summed E-state index contributed by atoms with van der Waals surface area (Å²) in [7, 11) is 1.38. The normalized spacial score (nSPS) is 17.3. The standard InChI is InChI=1S/C18H26O4/c1-8-11(2)9-10-13-12(3)14(19)16(21-7)17(15(13)20)22-18(4,5)6/h9H,8,10H2,1-7H3/b11-9+. The van der Waals surface area contributed by atoms with E-state index >= 15 is 0 Å². The predicted molar refractivity (Wildman–Crippen MR) is 86.3 cm³/mol. The van der Waals surface area contributed by atoms with Gasteiger partial charge in [0.05, 0.1) is 7.11 Å². The van der Waals surface area contributed by atoms with E-state index in [-0.39, 0.29) is 23.1 Å². The Hall–Kier alpha value is -1.84. The lowest BCUT2D eigenvalue weighted by Gasteiger charge is -2.27. The summed E-state index contributed by atoms with van der Waals surface area (Å²) in [5, 5.41) is 0. The lowest BCUT2D eigenvalue weighted by Crippen LogP contribution is -2.30.